The van der Waals surface area contributed by atoms with Crippen LogP contribution < -0.4 is 4.90 Å². The van der Waals surface area contributed by atoms with Crippen molar-refractivity contribution < 1.29 is 14.6 Å². The van der Waals surface area contributed by atoms with Crippen molar-refractivity contribution in [3.8, 4) is 0 Å². The highest BCUT2D eigenvalue weighted by molar-refractivity contribution is 5.81. The van der Waals surface area contributed by atoms with E-state index in [9.17, 15) is 10.2 Å². The topological polar surface area (TPSA) is 95.5 Å². The highest BCUT2D eigenvalue weighted by atomic mass is 16.4. The lowest BCUT2D eigenvalue weighted by atomic mass is 9.95. The maximum atomic E-state index is 10.0. The highest BCUT2D eigenvalue weighted by Gasteiger charge is 2.29. The van der Waals surface area contributed by atoms with Crippen molar-refractivity contribution in [1.82, 2.24) is 15.0 Å². The van der Waals surface area contributed by atoms with Crippen LogP contribution in [-0.2, 0) is 6.42 Å². The lowest BCUT2D eigenvalue weighted by Gasteiger charge is -2.35. The number of nitrogens with zero attached hydrogens (tertiary/aromatic N) is 4. The van der Waals surface area contributed by atoms with Gasteiger partial charge in [-0.05, 0) is 6.42 Å². The van der Waals surface area contributed by atoms with Crippen molar-refractivity contribution in [2.24, 2.45) is 5.92 Å². The number of oxazole rings is 1. The molecule has 2 aromatic rings. The predicted octanol–water partition coefficient (Wildman–Crippen LogP) is 0.360. The molecule has 0 aromatic carbocycles. The van der Waals surface area contributed by atoms with Gasteiger partial charge in [-0.1, -0.05) is 6.92 Å². The minimum absolute atomic E-state index is 0.0120. The van der Waals surface area contributed by atoms with E-state index in [1.54, 1.807) is 0 Å². The average molecular weight is 278 g/mol. The Kier molecular flexibility index (Phi) is 3.54. The van der Waals surface area contributed by atoms with E-state index in [1.807, 2.05) is 11.8 Å². The summed E-state index contributed by atoms with van der Waals surface area (Å²) >= 11 is 0. The number of hydrogen-bond donors (Lipinski definition) is 2. The second-order valence-corrected chi connectivity index (χ2v) is 5.06. The molecule has 20 heavy (non-hydrogen) atoms. The third kappa shape index (κ3) is 2.23. The maximum Gasteiger partial charge on any atom is 0.252 e. The van der Waals surface area contributed by atoms with Crippen molar-refractivity contribution in [3.63, 3.8) is 0 Å². The number of hydrogen-bond acceptors (Lipinski definition) is 7. The predicted molar refractivity (Wildman–Crippen MR) is 72.4 cm³/mol. The van der Waals surface area contributed by atoms with Crippen molar-refractivity contribution >= 4 is 17.0 Å². The molecule has 3 rings (SSSR count). The Morgan fingerprint density at radius 3 is 3.00 bits per heavy atom. The first-order valence-electron chi connectivity index (χ1n) is 6.87. The third-order valence-electron chi connectivity index (χ3n) is 3.78. The lowest BCUT2D eigenvalue weighted by Crippen LogP contribution is -2.45. The first kappa shape index (κ1) is 13.3. The van der Waals surface area contributed by atoms with Crippen LogP contribution in [0.2, 0.25) is 0 Å². The van der Waals surface area contributed by atoms with Gasteiger partial charge in [0.05, 0.1) is 6.10 Å². The van der Waals surface area contributed by atoms with Gasteiger partial charge in [-0.2, -0.15) is 4.98 Å². The van der Waals surface area contributed by atoms with E-state index < -0.39 is 6.10 Å². The summed E-state index contributed by atoms with van der Waals surface area (Å²) in [7, 11) is 0. The maximum absolute atomic E-state index is 10.0. The summed E-state index contributed by atoms with van der Waals surface area (Å²) in [5, 5.41) is 19.2. The number of aliphatic hydroxyl groups excluding tert-OH is 2. The number of β-amino-alcohol motifs (C(OH)–C–C–N with tert-alkyl or cyclic N) is 1. The molecule has 0 unspecified atom stereocenters. The summed E-state index contributed by atoms with van der Waals surface area (Å²) < 4.78 is 5.53. The number of aliphatic hydroxyl groups is 2. The number of anilines is 1. The molecule has 7 nitrogen and oxygen atoms in total. The molecule has 0 saturated carbocycles. The van der Waals surface area contributed by atoms with Crippen LogP contribution in [0, 0.1) is 5.92 Å². The molecule has 0 aliphatic carbocycles. The molecule has 3 heterocycles. The zero-order chi connectivity index (χ0) is 14.1. The molecule has 108 valence electrons. The highest BCUT2D eigenvalue weighted by Crippen LogP contribution is 2.27. The molecule has 2 N–H and O–H groups in total. The van der Waals surface area contributed by atoms with Crippen LogP contribution in [-0.4, -0.2) is 51.0 Å². The summed E-state index contributed by atoms with van der Waals surface area (Å²) in [6.45, 7) is 3.14. The van der Waals surface area contributed by atoms with E-state index in [0.29, 0.717) is 35.9 Å². The number of rotatable bonds is 3. The molecular formula is C13H18N4O3. The molecule has 0 spiro atoms. The van der Waals surface area contributed by atoms with Crippen LogP contribution in [0.25, 0.3) is 11.2 Å². The lowest BCUT2D eigenvalue weighted by molar-refractivity contribution is 0.0546. The van der Waals surface area contributed by atoms with Crippen LogP contribution in [0.5, 0.6) is 0 Å². The van der Waals surface area contributed by atoms with Crippen LogP contribution in [0.1, 0.15) is 19.2 Å². The second kappa shape index (κ2) is 5.34. The van der Waals surface area contributed by atoms with Gasteiger partial charge in [-0.15, -0.1) is 0 Å². The second-order valence-electron chi connectivity index (χ2n) is 5.06. The van der Waals surface area contributed by atoms with Crippen molar-refractivity contribution in [1.29, 1.82) is 0 Å². The Morgan fingerprint density at radius 2 is 2.30 bits per heavy atom. The Hall–Kier alpha value is -1.73. The first-order valence-corrected chi connectivity index (χ1v) is 6.87. The first-order chi connectivity index (χ1) is 9.72. The van der Waals surface area contributed by atoms with Crippen LogP contribution >= 0.6 is 0 Å². The van der Waals surface area contributed by atoms with E-state index in [-0.39, 0.29) is 12.5 Å². The van der Waals surface area contributed by atoms with Gasteiger partial charge in [0.1, 0.15) is 6.33 Å². The minimum atomic E-state index is -0.559. The monoisotopic (exact) mass is 278 g/mol. The van der Waals surface area contributed by atoms with Crippen molar-refractivity contribution in [3.05, 3.63) is 12.2 Å². The average Bonchev–Trinajstić information content (AvgIpc) is 2.90. The van der Waals surface area contributed by atoms with Crippen molar-refractivity contribution in [2.45, 2.75) is 25.9 Å². The summed E-state index contributed by atoms with van der Waals surface area (Å²) in [4.78, 5) is 14.7. The van der Waals surface area contributed by atoms with Gasteiger partial charge in [-0.3, -0.25) is 0 Å². The van der Waals surface area contributed by atoms with Crippen LogP contribution in [0.3, 0.4) is 0 Å². The molecule has 2 aromatic heterocycles. The van der Waals surface area contributed by atoms with Gasteiger partial charge in [0.25, 0.3) is 5.71 Å². The number of aryl methyl sites for hydroxylation is 1. The normalized spacial score (nSPS) is 23.4. The van der Waals surface area contributed by atoms with E-state index in [1.165, 1.54) is 6.33 Å². The Labute approximate surface area is 116 Å². The zero-order valence-electron chi connectivity index (χ0n) is 11.4. The molecule has 7 heteroatoms. The Morgan fingerprint density at radius 1 is 1.45 bits per heavy atom. The molecule has 1 fully saturated rings. The summed E-state index contributed by atoms with van der Waals surface area (Å²) in [5.41, 5.74) is 1.12. The molecule has 0 bridgehead atoms. The standard InChI is InChI=1S/C13H18N4O3/c1-2-10-16-11-12(14-7-15-13(11)20-10)17-4-3-8(6-18)9(19)5-17/h7-9,18-19H,2-6H2,1H3/t8-,9-/m1/s1. The quantitative estimate of drug-likeness (QED) is 0.836. The van der Waals surface area contributed by atoms with Crippen molar-refractivity contribution in [2.75, 3.05) is 24.6 Å². The fourth-order valence-electron chi connectivity index (χ4n) is 2.55. The summed E-state index contributed by atoms with van der Waals surface area (Å²) in [6.07, 6.45) is 2.32. The van der Waals surface area contributed by atoms with E-state index >= 15 is 0 Å². The fourth-order valence-corrected chi connectivity index (χ4v) is 2.55. The van der Waals surface area contributed by atoms with Gasteiger partial charge >= 0.3 is 0 Å². The minimum Gasteiger partial charge on any atom is -0.422 e. The van der Waals surface area contributed by atoms with Gasteiger partial charge in [0.2, 0.25) is 0 Å². The Balaban J connectivity index is 1.92. The van der Waals surface area contributed by atoms with Gasteiger partial charge in [0, 0.05) is 32.0 Å². The zero-order valence-corrected chi connectivity index (χ0v) is 11.4. The fraction of sp³-hybridized carbons (Fsp3) is 0.615. The number of piperidine rings is 1. The molecule has 1 aliphatic heterocycles. The molecule has 1 aliphatic rings. The number of aromatic nitrogens is 3. The van der Waals surface area contributed by atoms with Gasteiger partial charge in [0.15, 0.2) is 17.2 Å². The van der Waals surface area contributed by atoms with Gasteiger partial charge in [-0.25, -0.2) is 9.97 Å². The van der Waals surface area contributed by atoms with Crippen LogP contribution in [0.15, 0.2) is 10.7 Å². The SMILES string of the molecule is CCc1nc2c(N3CC[C@H](CO)[C@H](O)C3)ncnc2o1. The van der Waals surface area contributed by atoms with E-state index in [4.69, 9.17) is 4.42 Å². The smallest absolute Gasteiger partial charge is 0.252 e. The molecule has 0 amide bonds. The Bertz CT molecular complexity index is 600. The van der Waals surface area contributed by atoms with Gasteiger partial charge < -0.3 is 19.5 Å². The van der Waals surface area contributed by atoms with E-state index in [2.05, 4.69) is 15.0 Å². The summed E-state index contributed by atoms with van der Waals surface area (Å²) in [6, 6.07) is 0. The molecule has 0 radical (unpaired) electrons. The summed E-state index contributed by atoms with van der Waals surface area (Å²) in [5.74, 6) is 1.26. The van der Waals surface area contributed by atoms with Crippen LogP contribution in [0.4, 0.5) is 5.82 Å². The number of fused-ring (bicyclic) bond motifs is 1. The molecular weight excluding hydrogens is 260 g/mol. The molecule has 2 atom stereocenters. The molecule has 1 saturated heterocycles. The van der Waals surface area contributed by atoms with E-state index in [0.717, 1.165) is 13.0 Å². The largest absolute Gasteiger partial charge is 0.422 e. The third-order valence-corrected chi connectivity index (χ3v) is 3.78.